The number of nitrogens with one attached hydrogen (secondary N) is 1. The van der Waals surface area contributed by atoms with Crippen LogP contribution in [0.2, 0.25) is 0 Å². The Bertz CT molecular complexity index is 594. The fraction of sp³-hybridized carbons (Fsp3) is 0.200. The Labute approximate surface area is 108 Å². The number of hydrogen-bond acceptors (Lipinski definition) is 4. The highest BCUT2D eigenvalue weighted by Crippen LogP contribution is 2.37. The fourth-order valence-electron chi connectivity index (χ4n) is 1.27. The molecule has 5 nitrogen and oxygen atoms in total. The molecule has 0 aliphatic rings. The lowest BCUT2D eigenvalue weighted by atomic mass is 10.2. The van der Waals surface area contributed by atoms with Gasteiger partial charge >= 0.3 is 18.3 Å². The zero-order valence-electron chi connectivity index (χ0n) is 9.45. The van der Waals surface area contributed by atoms with E-state index in [9.17, 15) is 22.0 Å². The number of benzene rings is 1. The first-order valence-electron chi connectivity index (χ1n) is 5.04. The quantitative estimate of drug-likeness (QED) is 0.854. The standard InChI is InChI=1S/C10H6F5N3O2/c11-9(12,13)10(14,15)20-6-3-1-5(2-4-6)7-16-8(19)18-17-7/h1-4H,(H2,16,17,18,19). The van der Waals surface area contributed by atoms with Gasteiger partial charge in [0.2, 0.25) is 0 Å². The van der Waals surface area contributed by atoms with Gasteiger partial charge in [0, 0.05) is 5.56 Å². The largest absolute Gasteiger partial charge is 0.499 e. The number of halogens is 5. The van der Waals surface area contributed by atoms with Crippen LogP contribution in [0.4, 0.5) is 22.0 Å². The molecule has 0 saturated carbocycles. The van der Waals surface area contributed by atoms with Crippen molar-refractivity contribution in [3.05, 3.63) is 24.3 Å². The van der Waals surface area contributed by atoms with Gasteiger partial charge in [-0.25, -0.2) is 0 Å². The molecule has 0 aliphatic carbocycles. The molecule has 1 aromatic heterocycles. The molecule has 0 aliphatic heterocycles. The molecule has 0 unspecified atom stereocenters. The first kappa shape index (κ1) is 14.0. The predicted molar refractivity (Wildman–Crippen MR) is 55.1 cm³/mol. The van der Waals surface area contributed by atoms with Crippen molar-refractivity contribution in [2.45, 2.75) is 12.3 Å². The molecule has 1 heterocycles. The Hall–Kier alpha value is -2.39. The molecule has 10 heteroatoms. The van der Waals surface area contributed by atoms with Crippen molar-refractivity contribution < 1.29 is 31.8 Å². The first-order valence-corrected chi connectivity index (χ1v) is 5.04. The van der Waals surface area contributed by atoms with Crippen LogP contribution in [0.25, 0.3) is 11.4 Å². The second-order valence-electron chi connectivity index (χ2n) is 3.62. The summed E-state index contributed by atoms with van der Waals surface area (Å²) in [5.41, 5.74) is 0.320. The molecule has 108 valence electrons. The van der Waals surface area contributed by atoms with E-state index in [-0.39, 0.29) is 5.82 Å². The third-order valence-corrected chi connectivity index (χ3v) is 2.18. The predicted octanol–water partition coefficient (Wildman–Crippen LogP) is 2.71. The molecule has 0 spiro atoms. The van der Waals surface area contributed by atoms with Gasteiger partial charge in [-0.05, 0) is 24.3 Å². The number of rotatable bonds is 3. The third-order valence-electron chi connectivity index (χ3n) is 2.18. The highest BCUT2D eigenvalue weighted by Gasteiger charge is 2.61. The van der Waals surface area contributed by atoms with Crippen LogP contribution >= 0.6 is 0 Å². The van der Waals surface area contributed by atoms with Gasteiger partial charge in [0.25, 0.3) is 0 Å². The summed E-state index contributed by atoms with van der Waals surface area (Å²) < 4.78 is 64.7. The average Bonchev–Trinajstić information content (AvgIpc) is 2.75. The van der Waals surface area contributed by atoms with E-state index >= 15 is 0 Å². The van der Waals surface area contributed by atoms with E-state index in [1.807, 2.05) is 0 Å². The Balaban J connectivity index is 2.17. The minimum absolute atomic E-state index is 0.122. The molecule has 0 saturated heterocycles. The van der Waals surface area contributed by atoms with Gasteiger partial charge in [-0.15, -0.1) is 5.10 Å². The van der Waals surface area contributed by atoms with Crippen molar-refractivity contribution in [1.82, 2.24) is 15.2 Å². The Kier molecular flexibility index (Phi) is 3.24. The Morgan fingerprint density at radius 2 is 1.65 bits per heavy atom. The van der Waals surface area contributed by atoms with Gasteiger partial charge in [-0.2, -0.15) is 26.9 Å². The number of alkyl halides is 5. The minimum Gasteiger partial charge on any atom is -0.478 e. The molecule has 2 rings (SSSR count). The van der Waals surface area contributed by atoms with Crippen LogP contribution in [-0.4, -0.2) is 32.6 Å². The molecule has 0 amide bonds. The fourth-order valence-corrected chi connectivity index (χ4v) is 1.27. The molecule has 0 radical (unpaired) electrons. The molecular weight excluding hydrogens is 289 g/mol. The molecule has 20 heavy (non-hydrogen) atoms. The van der Waals surface area contributed by atoms with Crippen molar-refractivity contribution in [3.63, 3.8) is 0 Å². The molecular formula is C10H6F5N3O2. The molecule has 0 bridgehead atoms. The smallest absolute Gasteiger partial charge is 0.478 e. The SMILES string of the molecule is Oc1n[nH]c(-c2ccc(OC(F)(F)C(F)(F)F)cc2)n1. The van der Waals surface area contributed by atoms with Crippen molar-refractivity contribution in [2.24, 2.45) is 0 Å². The van der Waals surface area contributed by atoms with E-state index < -0.39 is 24.0 Å². The summed E-state index contributed by atoms with van der Waals surface area (Å²) in [7, 11) is 0. The van der Waals surface area contributed by atoms with E-state index in [2.05, 4.69) is 19.9 Å². The van der Waals surface area contributed by atoms with Crippen LogP contribution in [0.3, 0.4) is 0 Å². The van der Waals surface area contributed by atoms with Gasteiger partial charge in [0.15, 0.2) is 5.82 Å². The summed E-state index contributed by atoms with van der Waals surface area (Å²) in [5, 5.41) is 14.6. The van der Waals surface area contributed by atoms with Crippen molar-refractivity contribution in [3.8, 4) is 23.1 Å². The lowest BCUT2D eigenvalue weighted by Crippen LogP contribution is -2.41. The second-order valence-corrected chi connectivity index (χ2v) is 3.62. The molecule has 1 aromatic carbocycles. The Morgan fingerprint density at radius 1 is 1.05 bits per heavy atom. The van der Waals surface area contributed by atoms with Crippen LogP contribution in [0.5, 0.6) is 11.8 Å². The van der Waals surface area contributed by atoms with Gasteiger partial charge < -0.3 is 9.84 Å². The topological polar surface area (TPSA) is 71.0 Å². The van der Waals surface area contributed by atoms with Crippen LogP contribution < -0.4 is 4.74 Å². The Morgan fingerprint density at radius 3 is 2.10 bits per heavy atom. The van der Waals surface area contributed by atoms with Crippen molar-refractivity contribution >= 4 is 0 Å². The lowest BCUT2D eigenvalue weighted by Gasteiger charge is -2.20. The summed E-state index contributed by atoms with van der Waals surface area (Å²) in [6, 6.07) is 3.66. The summed E-state index contributed by atoms with van der Waals surface area (Å²) in [6.45, 7) is 0. The number of aromatic hydroxyl groups is 1. The zero-order chi connectivity index (χ0) is 15.0. The van der Waals surface area contributed by atoms with Gasteiger partial charge in [0.05, 0.1) is 0 Å². The maximum Gasteiger partial charge on any atom is 0.499 e. The van der Waals surface area contributed by atoms with E-state index in [4.69, 9.17) is 5.11 Å². The molecule has 2 aromatic rings. The summed E-state index contributed by atoms with van der Waals surface area (Å²) in [5.74, 6) is -0.545. The van der Waals surface area contributed by atoms with Crippen molar-refractivity contribution in [2.75, 3.05) is 0 Å². The highest BCUT2D eigenvalue weighted by atomic mass is 19.4. The normalized spacial score (nSPS) is 12.4. The zero-order valence-corrected chi connectivity index (χ0v) is 9.45. The summed E-state index contributed by atoms with van der Waals surface area (Å²) in [4.78, 5) is 3.54. The maximum atomic E-state index is 12.6. The maximum absolute atomic E-state index is 12.6. The van der Waals surface area contributed by atoms with Crippen LogP contribution in [0.15, 0.2) is 24.3 Å². The van der Waals surface area contributed by atoms with Crippen LogP contribution in [0, 0.1) is 0 Å². The van der Waals surface area contributed by atoms with E-state index in [1.54, 1.807) is 0 Å². The number of nitrogens with zero attached hydrogens (tertiary/aromatic N) is 2. The second kappa shape index (κ2) is 4.62. The van der Waals surface area contributed by atoms with Crippen molar-refractivity contribution in [1.29, 1.82) is 0 Å². The molecule has 2 N–H and O–H groups in total. The molecule has 0 atom stereocenters. The average molecular weight is 295 g/mol. The number of aromatic nitrogens is 3. The highest BCUT2D eigenvalue weighted by molar-refractivity contribution is 5.56. The van der Waals surface area contributed by atoms with E-state index in [0.29, 0.717) is 5.56 Å². The number of aromatic amines is 1. The monoisotopic (exact) mass is 295 g/mol. The number of ether oxygens (including phenoxy) is 1. The first-order chi connectivity index (χ1) is 9.19. The van der Waals surface area contributed by atoms with Gasteiger partial charge in [0.1, 0.15) is 5.75 Å². The van der Waals surface area contributed by atoms with E-state index in [1.165, 1.54) is 12.1 Å². The molecule has 0 fully saturated rings. The lowest BCUT2D eigenvalue weighted by molar-refractivity contribution is -0.360. The third kappa shape index (κ3) is 2.78. The van der Waals surface area contributed by atoms with Crippen LogP contribution in [0.1, 0.15) is 0 Å². The van der Waals surface area contributed by atoms with Gasteiger partial charge in [-0.3, -0.25) is 5.10 Å². The van der Waals surface area contributed by atoms with E-state index in [0.717, 1.165) is 12.1 Å². The number of H-pyrrole nitrogens is 1. The minimum atomic E-state index is -5.80. The summed E-state index contributed by atoms with van der Waals surface area (Å²) in [6.07, 6.45) is -11.1. The van der Waals surface area contributed by atoms with Crippen LogP contribution in [-0.2, 0) is 0 Å². The number of hydrogen-bond donors (Lipinski definition) is 2. The summed E-state index contributed by atoms with van der Waals surface area (Å²) >= 11 is 0. The van der Waals surface area contributed by atoms with Gasteiger partial charge in [-0.1, -0.05) is 0 Å².